The summed E-state index contributed by atoms with van der Waals surface area (Å²) in [7, 11) is 0. The summed E-state index contributed by atoms with van der Waals surface area (Å²) in [4.78, 5) is 9.59. The Morgan fingerprint density at radius 1 is 0.655 bits per heavy atom. The monoisotopic (exact) mass is 743 g/mol. The number of para-hydroxylation sites is 1. The second kappa shape index (κ2) is 10.8. The number of halogens is 1. The van der Waals surface area contributed by atoms with Gasteiger partial charge in [-0.05, 0) is 64.4 Å². The van der Waals surface area contributed by atoms with Crippen LogP contribution in [0.4, 0.5) is 0 Å². The Balaban J connectivity index is 1.06. The zero-order valence-electron chi connectivity index (χ0n) is 29.1. The van der Waals surface area contributed by atoms with Crippen LogP contribution in [0.15, 0.2) is 136 Å². The highest BCUT2D eigenvalue weighted by Crippen LogP contribution is 2.49. The van der Waals surface area contributed by atoms with Crippen molar-refractivity contribution in [2.24, 2.45) is 0 Å². The lowest BCUT2D eigenvalue weighted by Gasteiger charge is -2.10. The van der Waals surface area contributed by atoms with Crippen molar-refractivity contribution in [1.82, 2.24) is 14.5 Å². The Labute approximate surface area is 321 Å². The van der Waals surface area contributed by atoms with Gasteiger partial charge >= 0.3 is 0 Å². The Morgan fingerprint density at radius 2 is 1.42 bits per heavy atom. The van der Waals surface area contributed by atoms with E-state index in [0.717, 1.165) is 68.4 Å². The highest BCUT2D eigenvalue weighted by atomic mass is 35.5. The third-order valence-corrected chi connectivity index (χ3v) is 13.0. The van der Waals surface area contributed by atoms with Crippen molar-refractivity contribution in [2.45, 2.75) is 12.8 Å². The molecule has 258 valence electrons. The van der Waals surface area contributed by atoms with Gasteiger partial charge in [0.05, 0.1) is 15.7 Å². The lowest BCUT2D eigenvalue weighted by molar-refractivity contribution is 0.537. The van der Waals surface area contributed by atoms with Crippen LogP contribution in [0.3, 0.4) is 0 Å². The van der Waals surface area contributed by atoms with Gasteiger partial charge in [-0.2, -0.15) is 4.98 Å². The fourth-order valence-corrected chi connectivity index (χ4v) is 10.7. The molecule has 0 unspecified atom stereocenters. The number of rotatable bonds is 2. The minimum Gasteiger partial charge on any atom is -0.456 e. The van der Waals surface area contributed by atoms with E-state index in [1.54, 1.807) is 0 Å². The van der Waals surface area contributed by atoms with Crippen molar-refractivity contribution >= 4 is 126 Å². The fraction of sp³-hybridized carbons (Fsp3) is 0.0417. The van der Waals surface area contributed by atoms with Gasteiger partial charge in [-0.3, -0.25) is 0 Å². The maximum absolute atomic E-state index is 6.75. The van der Waals surface area contributed by atoms with Crippen LogP contribution in [0.1, 0.15) is 17.7 Å². The molecule has 0 saturated heterocycles. The summed E-state index contributed by atoms with van der Waals surface area (Å²) >= 11 is 8.64. The van der Waals surface area contributed by atoms with Gasteiger partial charge in [0, 0.05) is 66.3 Å². The van der Waals surface area contributed by atoms with Gasteiger partial charge in [-0.25, -0.2) is 4.98 Å². The minimum atomic E-state index is 0.305. The zero-order valence-corrected chi connectivity index (χ0v) is 30.6. The molecule has 0 saturated carbocycles. The molecule has 13 rings (SSSR count). The van der Waals surface area contributed by atoms with Crippen molar-refractivity contribution in [3.8, 4) is 16.9 Å². The van der Waals surface area contributed by atoms with Crippen LogP contribution in [0.2, 0.25) is 5.15 Å². The Bertz CT molecular complexity index is 3690. The van der Waals surface area contributed by atoms with E-state index in [1.165, 1.54) is 58.0 Å². The lowest BCUT2D eigenvalue weighted by atomic mass is 9.96. The third-order valence-electron chi connectivity index (χ3n) is 11.5. The molecule has 5 nitrogen and oxygen atoms in total. The first-order chi connectivity index (χ1) is 27.2. The number of furan rings is 2. The molecule has 7 aromatic carbocycles. The van der Waals surface area contributed by atoms with E-state index in [4.69, 9.17) is 25.4 Å². The van der Waals surface area contributed by atoms with Crippen LogP contribution in [0.5, 0.6) is 0 Å². The number of thiophene rings is 1. The summed E-state index contributed by atoms with van der Waals surface area (Å²) in [5.74, 6) is 0.910. The molecule has 1 aliphatic rings. The molecule has 0 aliphatic heterocycles. The summed E-state index contributed by atoms with van der Waals surface area (Å²) < 4.78 is 17.7. The second-order valence-electron chi connectivity index (χ2n) is 14.5. The normalized spacial score (nSPS) is 13.3. The van der Waals surface area contributed by atoms with E-state index >= 15 is 0 Å². The van der Waals surface area contributed by atoms with Crippen molar-refractivity contribution in [3.63, 3.8) is 0 Å². The minimum absolute atomic E-state index is 0.305. The van der Waals surface area contributed by atoms with E-state index < -0.39 is 0 Å². The molecule has 0 fully saturated rings. The Morgan fingerprint density at radius 3 is 2.31 bits per heavy atom. The van der Waals surface area contributed by atoms with Gasteiger partial charge in [0.15, 0.2) is 5.15 Å². The predicted octanol–water partition coefficient (Wildman–Crippen LogP) is 14.2. The molecule has 0 amide bonds. The first-order valence-electron chi connectivity index (χ1n) is 18.5. The van der Waals surface area contributed by atoms with Crippen molar-refractivity contribution in [2.75, 3.05) is 0 Å². The zero-order chi connectivity index (χ0) is 35.9. The molecule has 0 atom stereocenters. The Kier molecular flexibility index (Phi) is 5.89. The highest BCUT2D eigenvalue weighted by molar-refractivity contribution is 7.27. The standard InChI is InChI=1S/C48H26ClN3O2S/c49-47-43(50-44-34-14-6-8-16-36(34)54-48(44)51-47)26-17-20-29-30-21-19-27(24-38(30)53-37(29)23-26)52-35-15-7-5-13-33(35)40-31-11-3-4-12-32(31)42-41-28-10-2-1-9-25(28)18-22-39(41)55-46(42)45(40)52/h1-7,9-15,17-24H,8,16H2. The van der Waals surface area contributed by atoms with Crippen LogP contribution in [-0.2, 0) is 6.42 Å². The van der Waals surface area contributed by atoms with Crippen LogP contribution in [-0.4, -0.2) is 14.5 Å². The molecular weight excluding hydrogens is 718 g/mol. The average molecular weight is 744 g/mol. The number of hydrogen-bond acceptors (Lipinski definition) is 5. The van der Waals surface area contributed by atoms with Gasteiger partial charge in [0.1, 0.15) is 28.1 Å². The largest absolute Gasteiger partial charge is 0.456 e. The van der Waals surface area contributed by atoms with Crippen LogP contribution >= 0.6 is 22.9 Å². The number of aryl methyl sites for hydroxylation is 1. The number of nitrogens with zero attached hydrogens (tertiary/aromatic N) is 3. The SMILES string of the molecule is Clc1nc2oc3c(c2nc1-c1ccc2c(c1)oc1cc(-n4c5ccccc5c5c6ccccc6c6c(sc7ccc8ccccc8c76)c54)ccc12)C=CCC3. The number of hydrogen-bond donors (Lipinski definition) is 0. The lowest BCUT2D eigenvalue weighted by Crippen LogP contribution is -1.94. The number of benzene rings is 7. The molecule has 0 N–H and O–H groups in total. The van der Waals surface area contributed by atoms with Gasteiger partial charge in [-0.15, -0.1) is 11.3 Å². The molecule has 12 aromatic rings. The summed E-state index contributed by atoms with van der Waals surface area (Å²) in [6.45, 7) is 0. The van der Waals surface area contributed by atoms with Gasteiger partial charge in [-0.1, -0.05) is 103 Å². The maximum Gasteiger partial charge on any atom is 0.247 e. The summed E-state index contributed by atoms with van der Waals surface area (Å²) in [6.07, 6.45) is 6.00. The van der Waals surface area contributed by atoms with Gasteiger partial charge in [0.25, 0.3) is 0 Å². The van der Waals surface area contributed by atoms with Crippen LogP contribution < -0.4 is 0 Å². The molecule has 5 aromatic heterocycles. The fourth-order valence-electron chi connectivity index (χ4n) is 9.17. The van der Waals surface area contributed by atoms with Crippen LogP contribution in [0.25, 0.3) is 120 Å². The number of allylic oxidation sites excluding steroid dienone is 1. The molecule has 1 aliphatic carbocycles. The van der Waals surface area contributed by atoms with Crippen molar-refractivity contribution in [1.29, 1.82) is 0 Å². The highest BCUT2D eigenvalue weighted by Gasteiger charge is 2.24. The summed E-state index contributed by atoms with van der Waals surface area (Å²) in [5, 5.41) is 12.6. The molecule has 0 bridgehead atoms. The first kappa shape index (κ1) is 29.9. The smallest absolute Gasteiger partial charge is 0.247 e. The van der Waals surface area contributed by atoms with E-state index in [1.807, 2.05) is 17.4 Å². The van der Waals surface area contributed by atoms with Crippen LogP contribution in [0, 0.1) is 0 Å². The molecule has 0 radical (unpaired) electrons. The topological polar surface area (TPSA) is 57.0 Å². The number of aromatic nitrogens is 3. The van der Waals surface area contributed by atoms with E-state index in [9.17, 15) is 0 Å². The van der Waals surface area contributed by atoms with Gasteiger partial charge < -0.3 is 13.4 Å². The van der Waals surface area contributed by atoms with Crippen molar-refractivity contribution < 1.29 is 8.83 Å². The average Bonchev–Trinajstić information content (AvgIpc) is 3.98. The third kappa shape index (κ3) is 4.02. The quantitative estimate of drug-likeness (QED) is 0.177. The Hall–Kier alpha value is -6.47. The summed E-state index contributed by atoms with van der Waals surface area (Å²) in [6, 6.07) is 43.8. The summed E-state index contributed by atoms with van der Waals surface area (Å²) in [5.41, 5.74) is 8.67. The predicted molar refractivity (Wildman–Crippen MR) is 229 cm³/mol. The molecule has 7 heteroatoms. The molecule has 5 heterocycles. The second-order valence-corrected chi connectivity index (χ2v) is 15.9. The van der Waals surface area contributed by atoms with Gasteiger partial charge in [0.2, 0.25) is 5.71 Å². The van der Waals surface area contributed by atoms with E-state index in [2.05, 4.69) is 137 Å². The van der Waals surface area contributed by atoms with E-state index in [-0.39, 0.29) is 0 Å². The maximum atomic E-state index is 6.75. The first-order valence-corrected chi connectivity index (χ1v) is 19.7. The molecule has 55 heavy (non-hydrogen) atoms. The van der Waals surface area contributed by atoms with E-state index in [0.29, 0.717) is 16.6 Å². The molecular formula is C48H26ClN3O2S. The molecule has 0 spiro atoms. The number of fused-ring (bicyclic) bond motifs is 18. The van der Waals surface area contributed by atoms with Crippen molar-refractivity contribution in [3.05, 3.63) is 144 Å².